The number of hydrogen-bond donors (Lipinski definition) is 0. The van der Waals surface area contributed by atoms with Crippen molar-refractivity contribution >= 4 is 60.3 Å². The first-order valence-corrected chi connectivity index (χ1v) is 19.7. The second-order valence-corrected chi connectivity index (χ2v) is 10.3. The summed E-state index contributed by atoms with van der Waals surface area (Å²) in [6, 6.07) is 42.9. The Morgan fingerprint density at radius 3 is 1.45 bits per heavy atom. The minimum Gasteiger partial charge on any atom is -0.184 e. The fourth-order valence-electron chi connectivity index (χ4n) is 3.64. The Morgan fingerprint density at radius 1 is 0.632 bits per heavy atom. The summed E-state index contributed by atoms with van der Waals surface area (Å²) >= 11 is 8.60. The van der Waals surface area contributed by atoms with Gasteiger partial charge in [-0.2, -0.15) is 83.9 Å². The van der Waals surface area contributed by atoms with Crippen LogP contribution in [0, 0.1) is 39.8 Å². The molecule has 0 aliphatic heterocycles. The average molecular weight is 720 g/mol. The van der Waals surface area contributed by atoms with E-state index < -0.39 is 0 Å². The summed E-state index contributed by atoms with van der Waals surface area (Å²) in [7, 11) is 0. The number of benzene rings is 4. The van der Waals surface area contributed by atoms with Crippen molar-refractivity contribution in [1.82, 2.24) is 0 Å². The van der Waals surface area contributed by atoms with Gasteiger partial charge in [0.1, 0.15) is 0 Å². The molecule has 0 fully saturated rings. The smallest absolute Gasteiger partial charge is 0.171 e. The fraction of sp³-hybridized carbons (Fsp3) is 0.118. The van der Waals surface area contributed by atoms with Crippen molar-refractivity contribution in [2.45, 2.75) is 27.7 Å². The standard InChI is InChI=1S/2C10H8Br.C8H9.C6H5.H2Si.Zr/c2*1-7-5-8-3-2-4-10(11)9(8)6-7;1-7-5-3-4-6-8(7)2;1-2-4-6-5-3-1;;/h2*2-6H,1H3;3-5H,1-2H3;1-5H;1H2;/q4*-1;;. The molecule has 0 amide bonds. The van der Waals surface area contributed by atoms with Gasteiger partial charge in [-0.25, -0.2) is 0 Å². The van der Waals surface area contributed by atoms with Crippen LogP contribution in [-0.4, -0.2) is 6.88 Å². The zero-order valence-corrected chi connectivity index (χ0v) is 29.4. The maximum Gasteiger partial charge on any atom is -0.171 e. The molecule has 0 aliphatic rings. The van der Waals surface area contributed by atoms with Crippen LogP contribution in [0.4, 0.5) is 0 Å². The Bertz CT molecular complexity index is 1390. The molecule has 0 N–H and O–H groups in total. The molecule has 6 aromatic carbocycles. The van der Waals surface area contributed by atoms with E-state index in [9.17, 15) is 0 Å². The van der Waals surface area contributed by atoms with Gasteiger partial charge in [-0.15, -0.1) is 69.1 Å². The number of rotatable bonds is 0. The van der Waals surface area contributed by atoms with Crippen LogP contribution in [0.5, 0.6) is 0 Å². The predicted molar refractivity (Wildman–Crippen MR) is 173 cm³/mol. The van der Waals surface area contributed by atoms with E-state index in [-0.39, 0.29) is 0 Å². The van der Waals surface area contributed by atoms with Crippen molar-refractivity contribution in [2.75, 3.05) is 0 Å². The number of aryl methyl sites for hydroxylation is 4. The molecule has 38 heavy (non-hydrogen) atoms. The van der Waals surface area contributed by atoms with Gasteiger partial charge in [-0.3, -0.25) is 0 Å². The summed E-state index contributed by atoms with van der Waals surface area (Å²) in [6.45, 7) is 10.3. The molecule has 0 aromatic heterocycles. The van der Waals surface area contributed by atoms with Crippen LogP contribution in [0.25, 0.3) is 21.5 Å². The molecule has 194 valence electrons. The van der Waals surface area contributed by atoms with E-state index in [1.165, 1.54) is 52.7 Å². The molecule has 0 aliphatic carbocycles. The third-order valence-corrected chi connectivity index (χ3v) is 7.01. The van der Waals surface area contributed by atoms with E-state index >= 15 is 0 Å². The first kappa shape index (κ1) is 32.4. The normalized spacial score (nSPS) is 9.50. The Balaban J connectivity index is 0.000000178. The molecule has 0 radical (unpaired) electrons. The zero-order chi connectivity index (χ0) is 27.9. The molecular formula is C34H32Br2SiZr-4. The molecule has 0 bridgehead atoms. The van der Waals surface area contributed by atoms with Gasteiger partial charge in [0.15, 0.2) is 0 Å². The Morgan fingerprint density at radius 2 is 1.13 bits per heavy atom. The Hall–Kier alpha value is -1.84. The van der Waals surface area contributed by atoms with Gasteiger partial charge < -0.3 is 0 Å². The molecule has 6 aromatic rings. The maximum absolute atomic E-state index is 3.51. The van der Waals surface area contributed by atoms with Gasteiger partial charge in [-0.1, -0.05) is 71.7 Å². The molecule has 0 unspecified atom stereocenters. The summed E-state index contributed by atoms with van der Waals surface area (Å²) < 4.78 is 2.37. The first-order valence-electron chi connectivity index (χ1n) is 12.2. The monoisotopic (exact) mass is 716 g/mol. The van der Waals surface area contributed by atoms with E-state index in [2.05, 4.69) is 138 Å². The summed E-state index contributed by atoms with van der Waals surface area (Å²) in [5.41, 5.74) is 5.21. The number of fused-ring (bicyclic) bond motifs is 2. The maximum atomic E-state index is 3.51. The number of hydrogen-bond acceptors (Lipinski definition) is 0. The van der Waals surface area contributed by atoms with E-state index in [4.69, 9.17) is 0 Å². The van der Waals surface area contributed by atoms with E-state index in [1.54, 1.807) is 23.3 Å². The van der Waals surface area contributed by atoms with Crippen molar-refractivity contribution < 1.29 is 23.3 Å². The predicted octanol–water partition coefficient (Wildman–Crippen LogP) is 9.93. The van der Waals surface area contributed by atoms with Crippen molar-refractivity contribution in [1.29, 1.82) is 0 Å². The molecule has 0 atom stereocenters. The van der Waals surface area contributed by atoms with Crippen molar-refractivity contribution in [3.05, 3.63) is 153 Å². The molecule has 0 heterocycles. The molecule has 0 spiro atoms. The van der Waals surface area contributed by atoms with Crippen molar-refractivity contribution in [3.8, 4) is 0 Å². The van der Waals surface area contributed by atoms with Gasteiger partial charge in [-0.05, 0) is 8.95 Å². The van der Waals surface area contributed by atoms with Crippen molar-refractivity contribution in [2.24, 2.45) is 0 Å². The molecule has 0 nitrogen and oxygen atoms in total. The van der Waals surface area contributed by atoms with Gasteiger partial charge in [0.25, 0.3) is 0 Å². The minimum absolute atomic E-state index is 1.18. The summed E-state index contributed by atoms with van der Waals surface area (Å²) in [4.78, 5) is 0. The van der Waals surface area contributed by atoms with Gasteiger partial charge in [0, 0.05) is 0 Å². The Labute approximate surface area is 261 Å². The topological polar surface area (TPSA) is 0 Å². The quantitative estimate of drug-likeness (QED) is 0.108. The summed E-state index contributed by atoms with van der Waals surface area (Å²) in [5, 5.41) is 5.25. The third kappa shape index (κ3) is 10.7. The van der Waals surface area contributed by atoms with Crippen LogP contribution in [0.2, 0.25) is 0 Å². The van der Waals surface area contributed by atoms with Crippen LogP contribution < -0.4 is 0 Å². The Kier molecular flexibility index (Phi) is 15.1. The van der Waals surface area contributed by atoms with Crippen LogP contribution in [0.3, 0.4) is 0 Å². The van der Waals surface area contributed by atoms with Gasteiger partial charge >= 0.3 is 30.2 Å². The zero-order valence-electron chi connectivity index (χ0n) is 22.4. The van der Waals surface area contributed by atoms with Crippen molar-refractivity contribution in [3.63, 3.8) is 0 Å². The summed E-state index contributed by atoms with van der Waals surface area (Å²) in [5.74, 6) is 0. The summed E-state index contributed by atoms with van der Waals surface area (Å²) in [6.07, 6.45) is 0. The van der Waals surface area contributed by atoms with Crippen LogP contribution in [-0.2, 0) is 23.3 Å². The molecular weight excluding hydrogens is 687 g/mol. The SMILES string of the molecule is Cc1[c-]cccc1C.Cc1cc2c(Br)cccc2[cH-]1.Cc1cc2c(Br)cccc2[cH-]1.[SiH2]=[Zr].[c-]1ccccc1. The van der Waals surface area contributed by atoms with E-state index in [0.717, 1.165) is 0 Å². The van der Waals surface area contributed by atoms with Crippen LogP contribution in [0.15, 0.2) is 118 Å². The van der Waals surface area contributed by atoms with E-state index in [1.807, 2.05) is 49.3 Å². The minimum atomic E-state index is 1.18. The molecule has 6 rings (SSSR count). The first-order chi connectivity index (χ1) is 18.3. The van der Waals surface area contributed by atoms with Crippen LogP contribution in [0.1, 0.15) is 22.3 Å². The third-order valence-electron chi connectivity index (χ3n) is 5.62. The van der Waals surface area contributed by atoms with Gasteiger partial charge in [0.2, 0.25) is 0 Å². The van der Waals surface area contributed by atoms with Gasteiger partial charge in [0.05, 0.1) is 0 Å². The largest absolute Gasteiger partial charge is 0.184 e. The molecule has 0 saturated heterocycles. The number of halogens is 2. The fourth-order valence-corrected chi connectivity index (χ4v) is 4.63. The second kappa shape index (κ2) is 17.7. The molecule has 0 saturated carbocycles. The second-order valence-electron chi connectivity index (χ2n) is 8.61. The average Bonchev–Trinajstić information content (AvgIpc) is 3.52. The molecule has 4 heteroatoms. The van der Waals surface area contributed by atoms with E-state index in [0.29, 0.717) is 0 Å². The van der Waals surface area contributed by atoms with Crippen LogP contribution >= 0.6 is 31.9 Å².